The number of amides is 3. The summed E-state index contributed by atoms with van der Waals surface area (Å²) >= 11 is 0. The summed E-state index contributed by atoms with van der Waals surface area (Å²) in [4.78, 5) is 47.6. The number of carbonyl (C=O) groups excluding carboxylic acids is 3. The average Bonchev–Trinajstić information content (AvgIpc) is 2.92. The zero-order chi connectivity index (χ0) is 24.8. The second-order valence-electron chi connectivity index (χ2n) is 9.60. The maximum Gasteiger partial charge on any atom is 0.272 e. The van der Waals surface area contributed by atoms with Gasteiger partial charge >= 0.3 is 0 Å². The van der Waals surface area contributed by atoms with Crippen LogP contribution in [0.1, 0.15) is 51.5 Å². The molecule has 1 aromatic rings. The zero-order valence-corrected chi connectivity index (χ0v) is 20.5. The third kappa shape index (κ3) is 5.66. The first-order valence-electron chi connectivity index (χ1n) is 12.1. The van der Waals surface area contributed by atoms with Crippen molar-refractivity contribution in [3.8, 4) is 0 Å². The molecular formula is C26H37N5O3. The molecule has 0 aliphatic carbocycles. The van der Waals surface area contributed by atoms with Gasteiger partial charge in [-0.3, -0.25) is 14.4 Å². The number of nitrogens with zero attached hydrogens (tertiary/aromatic N) is 3. The van der Waals surface area contributed by atoms with E-state index < -0.39 is 23.9 Å². The van der Waals surface area contributed by atoms with Crippen LogP contribution >= 0.6 is 0 Å². The number of aliphatic imine (C=N–C) groups is 1. The lowest BCUT2D eigenvalue weighted by atomic mass is 9.82. The van der Waals surface area contributed by atoms with Crippen LogP contribution in [0.3, 0.4) is 0 Å². The number of allylic oxidation sites excluding steroid dienone is 1. The van der Waals surface area contributed by atoms with E-state index in [1.807, 2.05) is 38.1 Å². The molecule has 1 saturated heterocycles. The summed E-state index contributed by atoms with van der Waals surface area (Å²) in [5.41, 5.74) is 7.28. The van der Waals surface area contributed by atoms with Gasteiger partial charge in [-0.25, -0.2) is 4.99 Å². The quantitative estimate of drug-likeness (QED) is 0.573. The number of para-hydroxylation sites is 1. The van der Waals surface area contributed by atoms with E-state index in [4.69, 9.17) is 10.7 Å². The molecule has 2 heterocycles. The number of likely N-dealkylation sites (tertiary alicyclic amines) is 1. The number of amidine groups is 1. The number of benzodiazepines with no additional fused rings is 1. The number of hydrogen-bond donors (Lipinski definition) is 2. The van der Waals surface area contributed by atoms with Crippen LogP contribution in [-0.4, -0.2) is 54.8 Å². The average molecular weight is 468 g/mol. The van der Waals surface area contributed by atoms with Crippen molar-refractivity contribution in [3.63, 3.8) is 0 Å². The molecule has 34 heavy (non-hydrogen) atoms. The number of rotatable bonds is 8. The summed E-state index contributed by atoms with van der Waals surface area (Å²) in [5.74, 6) is -1.75. The fourth-order valence-corrected chi connectivity index (χ4v) is 4.82. The lowest BCUT2D eigenvalue weighted by Crippen LogP contribution is -2.50. The predicted molar refractivity (Wildman–Crippen MR) is 134 cm³/mol. The van der Waals surface area contributed by atoms with Crippen molar-refractivity contribution in [3.05, 3.63) is 42.5 Å². The molecule has 1 fully saturated rings. The Kier molecular flexibility index (Phi) is 8.47. The van der Waals surface area contributed by atoms with Crippen molar-refractivity contribution in [1.82, 2.24) is 10.2 Å². The summed E-state index contributed by atoms with van der Waals surface area (Å²) in [7, 11) is 1.70. The van der Waals surface area contributed by atoms with E-state index in [0.717, 1.165) is 43.0 Å². The van der Waals surface area contributed by atoms with Gasteiger partial charge in [0.15, 0.2) is 0 Å². The molecule has 0 bridgehead atoms. The SMILES string of the molecule is C=CC[C@H](C(N)=O)[C@@H](CC(C)C)C(=O)NC1N=C(N2CCCCC2)c2ccccc2N(C)C1=O. The number of anilines is 1. The van der Waals surface area contributed by atoms with Gasteiger partial charge < -0.3 is 20.9 Å². The largest absolute Gasteiger partial charge is 0.369 e. The van der Waals surface area contributed by atoms with Crippen molar-refractivity contribution in [2.45, 2.75) is 52.1 Å². The number of piperidine rings is 1. The number of nitrogens with one attached hydrogen (secondary N) is 1. The Morgan fingerprint density at radius 2 is 1.88 bits per heavy atom. The Morgan fingerprint density at radius 1 is 1.21 bits per heavy atom. The fourth-order valence-electron chi connectivity index (χ4n) is 4.82. The second-order valence-corrected chi connectivity index (χ2v) is 9.60. The number of carbonyl (C=O) groups is 3. The Hall–Kier alpha value is -3.16. The maximum atomic E-state index is 13.5. The Labute approximate surface area is 202 Å². The molecule has 0 radical (unpaired) electrons. The van der Waals surface area contributed by atoms with E-state index in [2.05, 4.69) is 16.8 Å². The fraction of sp³-hybridized carbons (Fsp3) is 0.538. The van der Waals surface area contributed by atoms with Crippen LogP contribution in [-0.2, 0) is 14.4 Å². The minimum Gasteiger partial charge on any atom is -0.369 e. The van der Waals surface area contributed by atoms with Gasteiger partial charge in [-0.1, -0.05) is 32.1 Å². The Bertz CT molecular complexity index is 952. The highest BCUT2D eigenvalue weighted by molar-refractivity contribution is 6.12. The number of hydrogen-bond acceptors (Lipinski definition) is 5. The topological polar surface area (TPSA) is 108 Å². The highest BCUT2D eigenvalue weighted by Crippen LogP contribution is 2.28. The molecule has 3 atom stereocenters. The summed E-state index contributed by atoms with van der Waals surface area (Å²) in [6, 6.07) is 7.68. The standard InChI is InChI=1S/C26H37N5O3/c1-5-11-18(22(27)32)20(16-17(2)3)25(33)29-23-26(34)30(4)21-13-8-7-12-19(21)24(28-23)31-14-9-6-10-15-31/h5,7-8,12-13,17-18,20,23H,1,6,9-11,14-16H2,2-4H3,(H2,27,32)(H,29,33)/t18-,20+,23?/m0/s1. The minimum atomic E-state index is -1.09. The van der Waals surface area contributed by atoms with Crippen molar-refractivity contribution >= 4 is 29.2 Å². The van der Waals surface area contributed by atoms with Crippen molar-refractivity contribution < 1.29 is 14.4 Å². The summed E-state index contributed by atoms with van der Waals surface area (Å²) < 4.78 is 0. The molecule has 8 nitrogen and oxygen atoms in total. The lowest BCUT2D eigenvalue weighted by molar-refractivity contribution is -0.135. The van der Waals surface area contributed by atoms with Crippen LogP contribution in [0.5, 0.6) is 0 Å². The van der Waals surface area contributed by atoms with Gasteiger partial charge in [-0.15, -0.1) is 6.58 Å². The van der Waals surface area contributed by atoms with Crippen LogP contribution in [0.15, 0.2) is 41.9 Å². The van der Waals surface area contributed by atoms with Gasteiger partial charge in [0.05, 0.1) is 17.5 Å². The van der Waals surface area contributed by atoms with Gasteiger partial charge in [0.1, 0.15) is 5.84 Å². The number of likely N-dealkylation sites (N-methyl/N-ethyl adjacent to an activating group) is 1. The molecule has 184 valence electrons. The summed E-state index contributed by atoms with van der Waals surface area (Å²) in [6.45, 7) is 9.39. The molecule has 1 unspecified atom stereocenters. The summed E-state index contributed by atoms with van der Waals surface area (Å²) in [6.07, 6.45) is 4.55. The van der Waals surface area contributed by atoms with E-state index in [1.165, 1.54) is 6.42 Å². The van der Waals surface area contributed by atoms with E-state index in [0.29, 0.717) is 12.8 Å². The number of fused-ring (bicyclic) bond motifs is 1. The third-order valence-corrected chi connectivity index (χ3v) is 6.59. The van der Waals surface area contributed by atoms with Crippen LogP contribution in [0.4, 0.5) is 5.69 Å². The van der Waals surface area contributed by atoms with Gasteiger partial charge in [-0.2, -0.15) is 0 Å². The zero-order valence-electron chi connectivity index (χ0n) is 20.5. The van der Waals surface area contributed by atoms with Gasteiger partial charge in [0, 0.05) is 25.7 Å². The number of nitrogens with two attached hydrogens (primary N) is 1. The first kappa shape index (κ1) is 25.5. The molecule has 0 saturated carbocycles. The normalized spacial score (nSPS) is 20.2. The molecule has 2 aliphatic rings. The van der Waals surface area contributed by atoms with E-state index in [-0.39, 0.29) is 17.7 Å². The first-order chi connectivity index (χ1) is 16.2. The maximum absolute atomic E-state index is 13.5. The van der Waals surface area contributed by atoms with Gasteiger partial charge in [0.2, 0.25) is 18.0 Å². The third-order valence-electron chi connectivity index (χ3n) is 6.59. The molecule has 0 spiro atoms. The van der Waals surface area contributed by atoms with Crippen molar-refractivity contribution in [1.29, 1.82) is 0 Å². The van der Waals surface area contributed by atoms with Crippen LogP contribution < -0.4 is 16.0 Å². The highest BCUT2D eigenvalue weighted by Gasteiger charge is 2.37. The highest BCUT2D eigenvalue weighted by atomic mass is 16.2. The van der Waals surface area contributed by atoms with Crippen LogP contribution in [0.2, 0.25) is 0 Å². The van der Waals surface area contributed by atoms with E-state index in [1.54, 1.807) is 18.0 Å². The molecule has 3 amide bonds. The number of benzene rings is 1. The molecule has 2 aliphatic heterocycles. The predicted octanol–water partition coefficient (Wildman–Crippen LogP) is 2.68. The molecule has 1 aromatic carbocycles. The molecule has 3 N–H and O–H groups in total. The van der Waals surface area contributed by atoms with Crippen molar-refractivity contribution in [2.24, 2.45) is 28.5 Å². The van der Waals surface area contributed by atoms with E-state index >= 15 is 0 Å². The number of primary amides is 1. The monoisotopic (exact) mass is 467 g/mol. The van der Waals surface area contributed by atoms with Gasteiger partial charge in [-0.05, 0) is 50.2 Å². The second kappa shape index (κ2) is 11.3. The van der Waals surface area contributed by atoms with Crippen LogP contribution in [0.25, 0.3) is 0 Å². The molecule has 3 rings (SSSR count). The Morgan fingerprint density at radius 3 is 2.50 bits per heavy atom. The molecule has 8 heteroatoms. The van der Waals surface area contributed by atoms with Crippen LogP contribution in [0, 0.1) is 17.8 Å². The van der Waals surface area contributed by atoms with E-state index in [9.17, 15) is 14.4 Å². The summed E-state index contributed by atoms with van der Waals surface area (Å²) in [5, 5.41) is 2.86. The van der Waals surface area contributed by atoms with Crippen molar-refractivity contribution in [2.75, 3.05) is 25.0 Å². The smallest absolute Gasteiger partial charge is 0.272 e. The minimum absolute atomic E-state index is 0.159. The van der Waals surface area contributed by atoms with Gasteiger partial charge in [0.25, 0.3) is 5.91 Å². The Balaban J connectivity index is 1.97. The lowest BCUT2D eigenvalue weighted by Gasteiger charge is -2.31. The first-order valence-corrected chi connectivity index (χ1v) is 12.1. The molecule has 0 aromatic heterocycles. The molecular weight excluding hydrogens is 430 g/mol.